The van der Waals surface area contributed by atoms with E-state index in [2.05, 4.69) is 8.75 Å². The summed E-state index contributed by atoms with van der Waals surface area (Å²) in [5.41, 5.74) is 3.12. The summed E-state index contributed by atoms with van der Waals surface area (Å²) in [7, 11) is -3.73. The molecule has 3 heterocycles. The zero-order chi connectivity index (χ0) is 18.4. The summed E-state index contributed by atoms with van der Waals surface area (Å²) in [5.74, 6) is 0. The quantitative estimate of drug-likeness (QED) is 0.507. The lowest BCUT2D eigenvalue weighted by atomic mass is 9.95. The van der Waals surface area contributed by atoms with Gasteiger partial charge >= 0.3 is 0 Å². The number of benzene rings is 2. The standard InChI is InChI=1S/C19H15N3O2S3/c23-27(24,17-8-4-7-15-18(17)21-26-20-15)22-11-9-16-14(10-12-25-16)19(22)13-5-2-1-3-6-13/h1-8,10,12,19H,9,11H2/t19-/m0/s1. The Bertz CT molecular complexity index is 1220. The molecule has 0 bridgehead atoms. The zero-order valence-corrected chi connectivity index (χ0v) is 16.6. The smallest absolute Gasteiger partial charge is 0.207 e. The minimum absolute atomic E-state index is 0.230. The van der Waals surface area contributed by atoms with Crippen molar-refractivity contribution in [2.45, 2.75) is 17.4 Å². The fourth-order valence-corrected chi connectivity index (χ4v) is 6.90. The van der Waals surface area contributed by atoms with E-state index in [1.165, 1.54) is 4.88 Å². The van der Waals surface area contributed by atoms with E-state index in [1.807, 2.05) is 41.8 Å². The van der Waals surface area contributed by atoms with Gasteiger partial charge in [0.2, 0.25) is 10.0 Å². The van der Waals surface area contributed by atoms with Crippen molar-refractivity contribution in [1.29, 1.82) is 0 Å². The van der Waals surface area contributed by atoms with Crippen molar-refractivity contribution in [3.05, 3.63) is 76.0 Å². The molecule has 5 nitrogen and oxygen atoms in total. The predicted octanol–water partition coefficient (Wildman–Crippen LogP) is 4.09. The van der Waals surface area contributed by atoms with Crippen LogP contribution in [0.5, 0.6) is 0 Å². The third-order valence-electron chi connectivity index (χ3n) is 4.87. The Balaban J connectivity index is 1.70. The highest BCUT2D eigenvalue weighted by molar-refractivity contribution is 7.89. The summed E-state index contributed by atoms with van der Waals surface area (Å²) in [4.78, 5) is 1.48. The SMILES string of the molecule is O=S(=O)(c1cccc2nsnc12)N1CCc2sccc2[C@@H]1c1ccccc1. The molecule has 0 saturated heterocycles. The van der Waals surface area contributed by atoms with Crippen molar-refractivity contribution in [2.75, 3.05) is 6.54 Å². The maximum Gasteiger partial charge on any atom is 0.246 e. The van der Waals surface area contributed by atoms with E-state index in [0.29, 0.717) is 17.6 Å². The summed E-state index contributed by atoms with van der Waals surface area (Å²) in [6.45, 7) is 0.448. The van der Waals surface area contributed by atoms with Crippen LogP contribution in [0, 0.1) is 0 Å². The van der Waals surface area contributed by atoms with E-state index >= 15 is 0 Å². The van der Waals surface area contributed by atoms with Crippen LogP contribution in [0.15, 0.2) is 64.9 Å². The maximum atomic E-state index is 13.7. The van der Waals surface area contributed by atoms with Crippen molar-refractivity contribution >= 4 is 44.1 Å². The number of nitrogens with zero attached hydrogens (tertiary/aromatic N) is 3. The van der Waals surface area contributed by atoms with E-state index < -0.39 is 10.0 Å². The first kappa shape index (κ1) is 17.0. The summed E-state index contributed by atoms with van der Waals surface area (Å²) in [5, 5.41) is 2.04. The molecule has 1 aliphatic rings. The van der Waals surface area contributed by atoms with Crippen LogP contribution in [0.25, 0.3) is 11.0 Å². The highest BCUT2D eigenvalue weighted by atomic mass is 32.2. The minimum Gasteiger partial charge on any atom is -0.207 e. The van der Waals surface area contributed by atoms with Gasteiger partial charge < -0.3 is 0 Å². The maximum absolute atomic E-state index is 13.7. The number of sulfonamides is 1. The molecule has 27 heavy (non-hydrogen) atoms. The predicted molar refractivity (Wildman–Crippen MR) is 108 cm³/mol. The van der Waals surface area contributed by atoms with Gasteiger partial charge in [0.15, 0.2) is 0 Å². The molecule has 2 aromatic heterocycles. The summed E-state index contributed by atoms with van der Waals surface area (Å²) in [6.07, 6.45) is 0.723. The summed E-state index contributed by atoms with van der Waals surface area (Å²) >= 11 is 2.73. The van der Waals surface area contributed by atoms with Gasteiger partial charge in [0.1, 0.15) is 15.9 Å². The topological polar surface area (TPSA) is 63.2 Å². The van der Waals surface area contributed by atoms with Crippen LogP contribution in [0.1, 0.15) is 22.0 Å². The lowest BCUT2D eigenvalue weighted by molar-refractivity contribution is 0.347. The van der Waals surface area contributed by atoms with Gasteiger partial charge in [0.25, 0.3) is 0 Å². The fraction of sp³-hybridized carbons (Fsp3) is 0.158. The Kier molecular flexibility index (Phi) is 4.08. The first-order valence-electron chi connectivity index (χ1n) is 8.50. The number of hydrogen-bond acceptors (Lipinski definition) is 6. The summed E-state index contributed by atoms with van der Waals surface area (Å²) < 4.78 is 37.4. The van der Waals surface area contributed by atoms with Crippen molar-refractivity contribution in [2.24, 2.45) is 0 Å². The molecular weight excluding hydrogens is 398 g/mol. The van der Waals surface area contributed by atoms with Gasteiger partial charge in [-0.3, -0.25) is 0 Å². The van der Waals surface area contributed by atoms with Crippen molar-refractivity contribution in [1.82, 2.24) is 13.1 Å². The highest BCUT2D eigenvalue weighted by Gasteiger charge is 2.38. The molecule has 0 N–H and O–H groups in total. The van der Waals surface area contributed by atoms with Gasteiger partial charge in [-0.05, 0) is 41.1 Å². The molecule has 5 rings (SSSR count). The zero-order valence-electron chi connectivity index (χ0n) is 14.1. The van der Waals surface area contributed by atoms with Crippen LogP contribution >= 0.6 is 23.1 Å². The Labute approximate surface area is 165 Å². The lowest BCUT2D eigenvalue weighted by Crippen LogP contribution is -2.40. The molecule has 1 aliphatic heterocycles. The summed E-state index contributed by atoms with van der Waals surface area (Å²) in [6, 6.07) is 16.7. The largest absolute Gasteiger partial charge is 0.246 e. The number of fused-ring (bicyclic) bond motifs is 2. The van der Waals surface area contributed by atoms with Crippen LogP contribution in [-0.4, -0.2) is 28.0 Å². The molecule has 0 fully saturated rings. The second-order valence-corrected chi connectivity index (χ2v) is 9.75. The van der Waals surface area contributed by atoms with Crippen LogP contribution in [-0.2, 0) is 16.4 Å². The number of hydrogen-bond donors (Lipinski definition) is 0. The molecular formula is C19H15N3O2S3. The molecule has 2 aromatic carbocycles. The number of rotatable bonds is 3. The van der Waals surface area contributed by atoms with Crippen molar-refractivity contribution in [3.8, 4) is 0 Å². The average Bonchev–Trinajstić information content (AvgIpc) is 3.36. The lowest BCUT2D eigenvalue weighted by Gasteiger charge is -2.35. The normalized spacial score (nSPS) is 17.9. The van der Waals surface area contributed by atoms with E-state index in [4.69, 9.17) is 0 Å². The first-order chi connectivity index (χ1) is 13.2. The first-order valence-corrected chi connectivity index (χ1v) is 11.6. The van der Waals surface area contributed by atoms with Crippen LogP contribution in [0.2, 0.25) is 0 Å². The molecule has 8 heteroatoms. The second-order valence-electron chi connectivity index (χ2n) is 6.37. The number of thiophene rings is 1. The fourth-order valence-electron chi connectivity index (χ4n) is 3.65. The Morgan fingerprint density at radius 1 is 1.00 bits per heavy atom. The number of aromatic nitrogens is 2. The average molecular weight is 414 g/mol. The van der Waals surface area contributed by atoms with Crippen molar-refractivity contribution < 1.29 is 8.42 Å². The van der Waals surface area contributed by atoms with Gasteiger partial charge in [-0.25, -0.2) is 8.42 Å². The Hall–Kier alpha value is -2.13. The van der Waals surface area contributed by atoms with Gasteiger partial charge in [0, 0.05) is 11.4 Å². The molecule has 0 aliphatic carbocycles. The van der Waals surface area contributed by atoms with E-state index in [-0.39, 0.29) is 10.9 Å². The Morgan fingerprint density at radius 2 is 1.85 bits per heavy atom. The van der Waals surface area contributed by atoms with Crippen LogP contribution in [0.4, 0.5) is 0 Å². The molecule has 0 saturated carbocycles. The second kappa shape index (κ2) is 6.49. The third kappa shape index (κ3) is 2.71. The minimum atomic E-state index is -3.73. The Morgan fingerprint density at radius 3 is 2.70 bits per heavy atom. The molecule has 0 spiro atoms. The monoisotopic (exact) mass is 413 g/mol. The van der Waals surface area contributed by atoms with Gasteiger partial charge in [0.05, 0.1) is 17.8 Å². The molecule has 0 radical (unpaired) electrons. The van der Waals surface area contributed by atoms with Crippen LogP contribution < -0.4 is 0 Å². The molecule has 0 amide bonds. The van der Waals surface area contributed by atoms with Gasteiger partial charge in [-0.15, -0.1) is 11.3 Å². The highest BCUT2D eigenvalue weighted by Crippen LogP contribution is 2.41. The molecule has 4 aromatic rings. The molecule has 1 atom stereocenters. The molecule has 0 unspecified atom stereocenters. The third-order valence-corrected chi connectivity index (χ3v) is 8.31. The van der Waals surface area contributed by atoms with Crippen molar-refractivity contribution in [3.63, 3.8) is 0 Å². The van der Waals surface area contributed by atoms with E-state index in [9.17, 15) is 8.42 Å². The van der Waals surface area contributed by atoms with Crippen LogP contribution in [0.3, 0.4) is 0 Å². The van der Waals surface area contributed by atoms with E-state index in [0.717, 1.165) is 29.3 Å². The van der Waals surface area contributed by atoms with E-state index in [1.54, 1.807) is 33.8 Å². The van der Waals surface area contributed by atoms with Gasteiger partial charge in [-0.2, -0.15) is 13.1 Å². The molecule has 136 valence electrons. The van der Waals surface area contributed by atoms with Gasteiger partial charge in [-0.1, -0.05) is 36.4 Å².